The van der Waals surface area contributed by atoms with E-state index < -0.39 is 11.6 Å². The maximum absolute atomic E-state index is 13.7. The molecule has 0 unspecified atom stereocenters. The molecule has 0 fully saturated rings. The number of aromatic nitrogens is 2. The van der Waals surface area contributed by atoms with E-state index in [0.29, 0.717) is 5.15 Å². The summed E-state index contributed by atoms with van der Waals surface area (Å²) in [6.07, 6.45) is 0. The highest BCUT2D eigenvalue weighted by molar-refractivity contribution is 6.30. The standard InChI is InChI=1S/C13H14ClF2N3/c1-7-4-11(16)12(5-10(7)15)17-6-9-8(2)18-19(3)13(9)14/h4-5,17H,6H2,1-3H3. The van der Waals surface area contributed by atoms with Crippen LogP contribution in [0.25, 0.3) is 0 Å². The first-order valence-corrected chi connectivity index (χ1v) is 6.15. The second-order valence-electron chi connectivity index (χ2n) is 4.41. The summed E-state index contributed by atoms with van der Waals surface area (Å²) in [6.45, 7) is 3.62. The second-order valence-corrected chi connectivity index (χ2v) is 4.77. The zero-order valence-corrected chi connectivity index (χ0v) is 11.6. The van der Waals surface area contributed by atoms with E-state index in [9.17, 15) is 8.78 Å². The van der Waals surface area contributed by atoms with Gasteiger partial charge in [0.1, 0.15) is 16.8 Å². The molecule has 1 heterocycles. The van der Waals surface area contributed by atoms with Gasteiger partial charge in [-0.2, -0.15) is 5.10 Å². The summed E-state index contributed by atoms with van der Waals surface area (Å²) in [6, 6.07) is 2.31. The smallest absolute Gasteiger partial charge is 0.146 e. The van der Waals surface area contributed by atoms with Crippen molar-refractivity contribution in [3.8, 4) is 0 Å². The fraction of sp³-hybridized carbons (Fsp3) is 0.308. The first-order valence-electron chi connectivity index (χ1n) is 5.77. The van der Waals surface area contributed by atoms with Gasteiger partial charge in [-0.1, -0.05) is 11.6 Å². The summed E-state index contributed by atoms with van der Waals surface area (Å²) < 4.78 is 28.6. The summed E-state index contributed by atoms with van der Waals surface area (Å²) in [5.41, 5.74) is 1.92. The number of nitrogens with one attached hydrogen (secondary N) is 1. The third-order valence-corrected chi connectivity index (χ3v) is 3.45. The fourth-order valence-electron chi connectivity index (χ4n) is 1.84. The molecule has 2 aromatic rings. The normalized spacial score (nSPS) is 10.8. The Morgan fingerprint density at radius 1 is 1.26 bits per heavy atom. The highest BCUT2D eigenvalue weighted by atomic mass is 35.5. The lowest BCUT2D eigenvalue weighted by atomic mass is 10.2. The minimum Gasteiger partial charge on any atom is -0.378 e. The lowest BCUT2D eigenvalue weighted by molar-refractivity contribution is 0.594. The quantitative estimate of drug-likeness (QED) is 0.934. The molecule has 2 rings (SSSR count). The average Bonchev–Trinajstić information content (AvgIpc) is 2.57. The van der Waals surface area contributed by atoms with E-state index in [1.165, 1.54) is 6.92 Å². The van der Waals surface area contributed by atoms with Crippen LogP contribution in [-0.4, -0.2) is 9.78 Å². The van der Waals surface area contributed by atoms with Crippen LogP contribution in [0, 0.1) is 25.5 Å². The van der Waals surface area contributed by atoms with Crippen molar-refractivity contribution in [3.05, 3.63) is 45.7 Å². The summed E-state index contributed by atoms with van der Waals surface area (Å²) in [5.74, 6) is -0.936. The van der Waals surface area contributed by atoms with Gasteiger partial charge in [0.05, 0.1) is 11.4 Å². The van der Waals surface area contributed by atoms with E-state index in [1.807, 2.05) is 6.92 Å². The Bertz CT molecular complexity index is 623. The summed E-state index contributed by atoms with van der Waals surface area (Å²) in [7, 11) is 1.73. The van der Waals surface area contributed by atoms with Gasteiger partial charge in [0.25, 0.3) is 0 Å². The van der Waals surface area contributed by atoms with Gasteiger partial charge in [-0.25, -0.2) is 8.78 Å². The molecule has 1 aromatic carbocycles. The molecular formula is C13H14ClF2N3. The van der Waals surface area contributed by atoms with Crippen LogP contribution in [0.1, 0.15) is 16.8 Å². The minimum absolute atomic E-state index is 0.113. The molecule has 0 bridgehead atoms. The number of aryl methyl sites for hydroxylation is 3. The van der Waals surface area contributed by atoms with Crippen LogP contribution in [0.2, 0.25) is 5.15 Å². The molecule has 6 heteroatoms. The molecule has 0 atom stereocenters. The second kappa shape index (κ2) is 5.17. The summed E-state index contributed by atoms with van der Waals surface area (Å²) >= 11 is 6.07. The Morgan fingerprint density at radius 3 is 2.53 bits per heavy atom. The third kappa shape index (κ3) is 2.71. The number of rotatable bonds is 3. The number of hydrogen-bond acceptors (Lipinski definition) is 2. The van der Waals surface area contributed by atoms with Crippen LogP contribution in [0.4, 0.5) is 14.5 Å². The molecule has 0 saturated heterocycles. The van der Waals surface area contributed by atoms with Crippen molar-refractivity contribution < 1.29 is 8.78 Å². The summed E-state index contributed by atoms with van der Waals surface area (Å²) in [5, 5.41) is 7.48. The molecule has 1 aromatic heterocycles. The molecule has 0 aliphatic heterocycles. The zero-order valence-electron chi connectivity index (χ0n) is 10.9. The lowest BCUT2D eigenvalue weighted by Gasteiger charge is -2.09. The molecular weight excluding hydrogens is 272 g/mol. The Morgan fingerprint density at radius 2 is 1.95 bits per heavy atom. The van der Waals surface area contributed by atoms with Crippen molar-refractivity contribution in [3.63, 3.8) is 0 Å². The van der Waals surface area contributed by atoms with Crippen LogP contribution in [-0.2, 0) is 13.6 Å². The van der Waals surface area contributed by atoms with Gasteiger partial charge in [-0.05, 0) is 25.5 Å². The van der Waals surface area contributed by atoms with Gasteiger partial charge in [-0.3, -0.25) is 4.68 Å². The number of halogens is 3. The number of nitrogens with zero attached hydrogens (tertiary/aromatic N) is 2. The molecule has 0 radical (unpaired) electrons. The Kier molecular flexibility index (Phi) is 3.75. The lowest BCUT2D eigenvalue weighted by Crippen LogP contribution is -2.04. The third-order valence-electron chi connectivity index (χ3n) is 2.97. The van der Waals surface area contributed by atoms with E-state index in [1.54, 1.807) is 11.7 Å². The van der Waals surface area contributed by atoms with Crippen molar-refractivity contribution in [2.45, 2.75) is 20.4 Å². The van der Waals surface area contributed by atoms with Gasteiger partial charge in [-0.15, -0.1) is 0 Å². The van der Waals surface area contributed by atoms with Crippen molar-refractivity contribution in [1.29, 1.82) is 0 Å². The highest BCUT2D eigenvalue weighted by Crippen LogP contribution is 2.23. The predicted octanol–water partition coefficient (Wildman–Crippen LogP) is 3.58. The fourth-order valence-corrected chi connectivity index (χ4v) is 2.08. The molecule has 0 saturated carbocycles. The molecule has 0 aliphatic rings. The SMILES string of the molecule is Cc1cc(F)c(NCc2c(C)nn(C)c2Cl)cc1F. The first-order chi connectivity index (χ1) is 8.90. The van der Waals surface area contributed by atoms with Crippen molar-refractivity contribution in [2.75, 3.05) is 5.32 Å². The molecule has 0 spiro atoms. The van der Waals surface area contributed by atoms with Gasteiger partial charge in [0.15, 0.2) is 0 Å². The largest absolute Gasteiger partial charge is 0.378 e. The Hall–Kier alpha value is -1.62. The van der Waals surface area contributed by atoms with Crippen molar-refractivity contribution >= 4 is 17.3 Å². The molecule has 0 aliphatic carbocycles. The van der Waals surface area contributed by atoms with Crippen LogP contribution in [0.5, 0.6) is 0 Å². The molecule has 19 heavy (non-hydrogen) atoms. The zero-order chi connectivity index (χ0) is 14.2. The molecule has 102 valence electrons. The average molecular weight is 286 g/mol. The molecule has 3 nitrogen and oxygen atoms in total. The number of benzene rings is 1. The van der Waals surface area contributed by atoms with E-state index >= 15 is 0 Å². The Labute approximate surface area is 115 Å². The summed E-state index contributed by atoms with van der Waals surface area (Å²) in [4.78, 5) is 0. The number of anilines is 1. The monoisotopic (exact) mass is 285 g/mol. The maximum atomic E-state index is 13.7. The molecule has 0 amide bonds. The van der Waals surface area contributed by atoms with E-state index in [2.05, 4.69) is 10.4 Å². The van der Waals surface area contributed by atoms with Gasteiger partial charge < -0.3 is 5.32 Å². The van der Waals surface area contributed by atoms with Crippen LogP contribution in [0.3, 0.4) is 0 Å². The minimum atomic E-state index is -0.489. The van der Waals surface area contributed by atoms with E-state index in [4.69, 9.17) is 11.6 Å². The Balaban J connectivity index is 2.21. The van der Waals surface area contributed by atoms with Crippen LogP contribution < -0.4 is 5.32 Å². The van der Waals surface area contributed by atoms with Crippen LogP contribution >= 0.6 is 11.6 Å². The van der Waals surface area contributed by atoms with Crippen molar-refractivity contribution in [2.24, 2.45) is 7.05 Å². The maximum Gasteiger partial charge on any atom is 0.146 e. The highest BCUT2D eigenvalue weighted by Gasteiger charge is 2.12. The first kappa shape index (κ1) is 13.8. The van der Waals surface area contributed by atoms with Crippen molar-refractivity contribution in [1.82, 2.24) is 9.78 Å². The van der Waals surface area contributed by atoms with E-state index in [0.717, 1.165) is 23.4 Å². The topological polar surface area (TPSA) is 29.9 Å². The molecule has 1 N–H and O–H groups in total. The van der Waals surface area contributed by atoms with Gasteiger partial charge in [0, 0.05) is 25.2 Å². The van der Waals surface area contributed by atoms with Gasteiger partial charge >= 0.3 is 0 Å². The predicted molar refractivity (Wildman–Crippen MR) is 71.4 cm³/mol. The number of hydrogen-bond donors (Lipinski definition) is 1. The van der Waals surface area contributed by atoms with Crippen LogP contribution in [0.15, 0.2) is 12.1 Å². The van der Waals surface area contributed by atoms with E-state index in [-0.39, 0.29) is 17.8 Å². The van der Waals surface area contributed by atoms with Gasteiger partial charge in [0.2, 0.25) is 0 Å².